The van der Waals surface area contributed by atoms with Gasteiger partial charge in [0.05, 0.1) is 6.61 Å². The van der Waals surface area contributed by atoms with Crippen molar-refractivity contribution in [3.05, 3.63) is 22.8 Å². The molecule has 0 spiro atoms. The summed E-state index contributed by atoms with van der Waals surface area (Å²) in [4.78, 5) is 4.39. The van der Waals surface area contributed by atoms with Gasteiger partial charge in [-0.15, -0.1) is 11.8 Å². The van der Waals surface area contributed by atoms with Gasteiger partial charge in [0.2, 0.25) is 0 Å². The molecule has 0 saturated heterocycles. The maximum atomic E-state index is 9.59. The lowest BCUT2D eigenvalue weighted by atomic mass is 9.99. The fourth-order valence-corrected chi connectivity index (χ4v) is 4.32. The molecular formula is C13H19BrN2OS. The molecule has 1 aromatic heterocycles. The van der Waals surface area contributed by atoms with Gasteiger partial charge in [-0.05, 0) is 53.9 Å². The van der Waals surface area contributed by atoms with E-state index >= 15 is 0 Å². The molecule has 1 fully saturated rings. The Labute approximate surface area is 121 Å². The van der Waals surface area contributed by atoms with Crippen LogP contribution in [0.25, 0.3) is 0 Å². The highest BCUT2D eigenvalue weighted by Gasteiger charge is 2.38. The lowest BCUT2D eigenvalue weighted by Crippen LogP contribution is -2.46. The van der Waals surface area contributed by atoms with Gasteiger partial charge in [0.15, 0.2) is 0 Å². The normalized spacial score (nSPS) is 27.6. The average molecular weight is 331 g/mol. The van der Waals surface area contributed by atoms with Crippen molar-refractivity contribution >= 4 is 27.7 Å². The largest absolute Gasteiger partial charge is 0.394 e. The Kier molecular flexibility index (Phi) is 5.06. The van der Waals surface area contributed by atoms with E-state index in [-0.39, 0.29) is 12.1 Å². The summed E-state index contributed by atoms with van der Waals surface area (Å²) in [5.41, 5.74) is -0.0757. The average Bonchev–Trinajstić information content (AvgIpc) is 2.77. The van der Waals surface area contributed by atoms with Gasteiger partial charge in [0, 0.05) is 21.5 Å². The Morgan fingerprint density at radius 1 is 1.67 bits per heavy atom. The molecule has 1 aliphatic carbocycles. The molecule has 1 saturated carbocycles. The minimum atomic E-state index is -0.0757. The van der Waals surface area contributed by atoms with E-state index in [9.17, 15) is 5.11 Å². The van der Waals surface area contributed by atoms with Crippen molar-refractivity contribution in [3.8, 4) is 0 Å². The van der Waals surface area contributed by atoms with Crippen LogP contribution in [0.3, 0.4) is 0 Å². The summed E-state index contributed by atoms with van der Waals surface area (Å²) < 4.78 is 1.06. The van der Waals surface area contributed by atoms with Gasteiger partial charge in [-0.2, -0.15) is 0 Å². The summed E-state index contributed by atoms with van der Waals surface area (Å²) in [7, 11) is 0. The number of aromatic nitrogens is 1. The second kappa shape index (κ2) is 6.37. The smallest absolute Gasteiger partial charge is 0.110 e. The van der Waals surface area contributed by atoms with E-state index in [1.165, 1.54) is 0 Å². The van der Waals surface area contributed by atoms with Crippen molar-refractivity contribution in [2.75, 3.05) is 13.2 Å². The molecule has 0 aliphatic heterocycles. The number of aliphatic hydroxyl groups is 1. The van der Waals surface area contributed by atoms with E-state index in [0.29, 0.717) is 5.25 Å². The minimum absolute atomic E-state index is 0.0757. The number of halogens is 1. The summed E-state index contributed by atoms with van der Waals surface area (Å²) in [6.45, 7) is 3.22. The molecule has 0 bridgehead atoms. The van der Waals surface area contributed by atoms with Crippen LogP contribution in [-0.2, 0) is 0 Å². The zero-order chi connectivity index (χ0) is 13.0. The number of thioether (sulfide) groups is 1. The van der Waals surface area contributed by atoms with Crippen LogP contribution in [0, 0.1) is 0 Å². The second-order valence-corrected chi connectivity index (χ2v) is 6.89. The molecule has 18 heavy (non-hydrogen) atoms. The predicted octanol–water partition coefficient (Wildman–Crippen LogP) is 2.83. The third-order valence-electron chi connectivity index (χ3n) is 3.42. The predicted molar refractivity (Wildman–Crippen MR) is 78.9 cm³/mol. The van der Waals surface area contributed by atoms with Crippen molar-refractivity contribution < 1.29 is 5.11 Å². The Balaban J connectivity index is 1.99. The number of aliphatic hydroxyl groups excluding tert-OH is 1. The van der Waals surface area contributed by atoms with Crippen LogP contribution < -0.4 is 5.32 Å². The van der Waals surface area contributed by atoms with Crippen LogP contribution >= 0.6 is 27.7 Å². The molecule has 0 aromatic carbocycles. The summed E-state index contributed by atoms with van der Waals surface area (Å²) in [6, 6.07) is 3.95. The number of hydrogen-bond acceptors (Lipinski definition) is 4. The van der Waals surface area contributed by atoms with Crippen LogP contribution in [0.4, 0.5) is 0 Å². The molecule has 1 aliphatic rings. The number of rotatable bonds is 5. The van der Waals surface area contributed by atoms with Gasteiger partial charge >= 0.3 is 0 Å². The molecule has 3 nitrogen and oxygen atoms in total. The number of nitrogens with one attached hydrogen (secondary N) is 1. The third-order valence-corrected chi connectivity index (χ3v) is 5.61. The monoisotopic (exact) mass is 330 g/mol. The highest BCUT2D eigenvalue weighted by molar-refractivity contribution is 9.10. The SMILES string of the molecule is CCNC1(CO)CCC(Sc2ncccc2Br)C1. The zero-order valence-electron chi connectivity index (χ0n) is 10.5. The summed E-state index contributed by atoms with van der Waals surface area (Å²) >= 11 is 5.34. The third kappa shape index (κ3) is 3.26. The van der Waals surface area contributed by atoms with Gasteiger partial charge in [0.1, 0.15) is 5.03 Å². The summed E-state index contributed by atoms with van der Waals surface area (Å²) in [5, 5.41) is 14.6. The molecule has 0 radical (unpaired) electrons. The van der Waals surface area contributed by atoms with Crippen molar-refractivity contribution in [2.24, 2.45) is 0 Å². The Morgan fingerprint density at radius 3 is 3.17 bits per heavy atom. The highest BCUT2D eigenvalue weighted by Crippen LogP contribution is 2.41. The van der Waals surface area contributed by atoms with E-state index in [1.54, 1.807) is 0 Å². The van der Waals surface area contributed by atoms with Crippen LogP contribution in [-0.4, -0.2) is 34.0 Å². The van der Waals surface area contributed by atoms with E-state index in [0.717, 1.165) is 35.3 Å². The number of nitrogens with zero attached hydrogens (tertiary/aromatic N) is 1. The highest BCUT2D eigenvalue weighted by atomic mass is 79.9. The topological polar surface area (TPSA) is 45.1 Å². The Bertz CT molecular complexity index is 404. The molecule has 2 unspecified atom stereocenters. The molecule has 0 amide bonds. The first-order valence-electron chi connectivity index (χ1n) is 6.32. The van der Waals surface area contributed by atoms with Gasteiger partial charge in [-0.25, -0.2) is 4.98 Å². The molecule has 2 atom stereocenters. The van der Waals surface area contributed by atoms with E-state index in [2.05, 4.69) is 33.2 Å². The zero-order valence-corrected chi connectivity index (χ0v) is 12.9. The first-order chi connectivity index (χ1) is 8.69. The fraction of sp³-hybridized carbons (Fsp3) is 0.615. The molecular weight excluding hydrogens is 312 g/mol. The van der Waals surface area contributed by atoms with Crippen molar-refractivity contribution in [2.45, 2.75) is 42.0 Å². The Morgan fingerprint density at radius 2 is 2.50 bits per heavy atom. The summed E-state index contributed by atoms with van der Waals surface area (Å²) in [5.74, 6) is 0. The van der Waals surface area contributed by atoms with Gasteiger partial charge < -0.3 is 10.4 Å². The molecule has 100 valence electrons. The lowest BCUT2D eigenvalue weighted by molar-refractivity contribution is 0.167. The van der Waals surface area contributed by atoms with Crippen LogP contribution in [0.15, 0.2) is 27.8 Å². The molecule has 2 rings (SSSR count). The number of pyridine rings is 1. The standard InChI is InChI=1S/C13H19BrN2OS/c1-2-16-13(9-17)6-5-10(8-13)18-12-11(14)4-3-7-15-12/h3-4,7,10,16-17H,2,5-6,8-9H2,1H3. The van der Waals surface area contributed by atoms with Crippen LogP contribution in [0.5, 0.6) is 0 Å². The van der Waals surface area contributed by atoms with Crippen LogP contribution in [0.1, 0.15) is 26.2 Å². The molecule has 1 aromatic rings. The fourth-order valence-electron chi connectivity index (χ4n) is 2.53. The van der Waals surface area contributed by atoms with E-state index < -0.39 is 0 Å². The second-order valence-electron chi connectivity index (χ2n) is 4.74. The summed E-state index contributed by atoms with van der Waals surface area (Å²) in [6.07, 6.45) is 5.00. The first kappa shape index (κ1) is 14.3. The molecule has 5 heteroatoms. The quantitative estimate of drug-likeness (QED) is 0.871. The number of likely N-dealkylation sites (N-methyl/N-ethyl adjacent to an activating group) is 1. The van der Waals surface area contributed by atoms with Gasteiger partial charge in [0.25, 0.3) is 0 Å². The Hall–Kier alpha value is -0.100. The van der Waals surface area contributed by atoms with Crippen molar-refractivity contribution in [3.63, 3.8) is 0 Å². The lowest BCUT2D eigenvalue weighted by Gasteiger charge is -2.27. The van der Waals surface area contributed by atoms with Gasteiger partial charge in [-0.1, -0.05) is 6.92 Å². The van der Waals surface area contributed by atoms with Crippen molar-refractivity contribution in [1.82, 2.24) is 10.3 Å². The first-order valence-corrected chi connectivity index (χ1v) is 7.99. The van der Waals surface area contributed by atoms with Crippen LogP contribution in [0.2, 0.25) is 0 Å². The number of hydrogen-bond donors (Lipinski definition) is 2. The van der Waals surface area contributed by atoms with Gasteiger partial charge in [-0.3, -0.25) is 0 Å². The van der Waals surface area contributed by atoms with E-state index in [1.807, 2.05) is 30.1 Å². The molecule has 2 N–H and O–H groups in total. The maximum Gasteiger partial charge on any atom is 0.110 e. The maximum absolute atomic E-state index is 9.59. The minimum Gasteiger partial charge on any atom is -0.394 e. The molecule has 1 heterocycles. The van der Waals surface area contributed by atoms with E-state index in [4.69, 9.17) is 0 Å². The van der Waals surface area contributed by atoms with Crippen molar-refractivity contribution in [1.29, 1.82) is 0 Å².